The Bertz CT molecular complexity index is 1080. The number of hydrogen-bond acceptors (Lipinski definition) is 3. The van der Waals surface area contributed by atoms with Gasteiger partial charge < -0.3 is 5.11 Å². The van der Waals surface area contributed by atoms with Gasteiger partial charge in [0.2, 0.25) is 0 Å². The van der Waals surface area contributed by atoms with Gasteiger partial charge in [-0.3, -0.25) is 0 Å². The highest BCUT2D eigenvalue weighted by molar-refractivity contribution is 6.31. The van der Waals surface area contributed by atoms with Crippen LogP contribution in [0.15, 0.2) is 30.3 Å². The fourth-order valence-electron chi connectivity index (χ4n) is 5.39. The Morgan fingerprint density at radius 2 is 1.16 bits per heavy atom. The van der Waals surface area contributed by atoms with Crippen molar-refractivity contribution < 1.29 is 5.11 Å². The summed E-state index contributed by atoms with van der Waals surface area (Å²) in [6, 6.07) is 9.49. The number of hydrogen-bond donors (Lipinski definition) is 1. The van der Waals surface area contributed by atoms with E-state index in [4.69, 9.17) is 11.6 Å². The van der Waals surface area contributed by atoms with E-state index in [-0.39, 0.29) is 5.75 Å². The molecule has 5 heteroatoms. The van der Waals surface area contributed by atoms with Crippen LogP contribution < -0.4 is 0 Å². The SMILES string of the molecule is CCCCCCCCCCCCCCCCCCCCc1cc(C)cc(-n2nc3ccc(Cl)cc3n2)c1O. The molecule has 0 fully saturated rings. The van der Waals surface area contributed by atoms with E-state index in [0.717, 1.165) is 35.0 Å². The summed E-state index contributed by atoms with van der Waals surface area (Å²) >= 11 is 6.09. The predicted molar refractivity (Wildman–Crippen MR) is 163 cm³/mol. The first-order valence-electron chi connectivity index (χ1n) is 15.4. The minimum absolute atomic E-state index is 0.286. The second kappa shape index (κ2) is 17.5. The molecule has 0 unspecified atom stereocenters. The van der Waals surface area contributed by atoms with Crippen molar-refractivity contribution in [1.29, 1.82) is 0 Å². The predicted octanol–water partition coefficient (Wildman–Crippen LogP) is 10.7. The fourth-order valence-corrected chi connectivity index (χ4v) is 5.56. The van der Waals surface area contributed by atoms with Gasteiger partial charge in [-0.25, -0.2) is 0 Å². The molecule has 0 saturated carbocycles. The third kappa shape index (κ3) is 10.6. The number of phenolic OH excluding ortho intramolecular Hbond substituents is 1. The lowest BCUT2D eigenvalue weighted by atomic mass is 10.0. The first kappa shape index (κ1) is 30.5. The zero-order valence-electron chi connectivity index (χ0n) is 24.0. The average Bonchev–Trinajstić information content (AvgIpc) is 3.32. The highest BCUT2D eigenvalue weighted by Gasteiger charge is 2.14. The molecule has 1 aromatic heterocycles. The molecule has 0 amide bonds. The number of phenols is 1. The van der Waals surface area contributed by atoms with E-state index in [9.17, 15) is 5.11 Å². The summed E-state index contributed by atoms with van der Waals surface area (Å²) < 4.78 is 0. The van der Waals surface area contributed by atoms with Crippen molar-refractivity contribution in [2.75, 3.05) is 0 Å². The fraction of sp³-hybridized carbons (Fsp3) is 0.636. The van der Waals surface area contributed by atoms with Gasteiger partial charge in [0.1, 0.15) is 22.5 Å². The minimum atomic E-state index is 0.286. The van der Waals surface area contributed by atoms with Crippen molar-refractivity contribution in [2.24, 2.45) is 0 Å². The molecule has 210 valence electrons. The lowest BCUT2D eigenvalue weighted by molar-refractivity contribution is 0.458. The summed E-state index contributed by atoms with van der Waals surface area (Å²) in [6.07, 6.45) is 25.7. The van der Waals surface area contributed by atoms with Gasteiger partial charge in [0.25, 0.3) is 0 Å². The summed E-state index contributed by atoms with van der Waals surface area (Å²) in [5.41, 5.74) is 4.21. The summed E-state index contributed by atoms with van der Waals surface area (Å²) in [5, 5.41) is 20.7. The normalized spacial score (nSPS) is 11.6. The molecule has 0 bridgehead atoms. The quantitative estimate of drug-likeness (QED) is 0.145. The van der Waals surface area contributed by atoms with E-state index in [1.165, 1.54) is 114 Å². The summed E-state index contributed by atoms with van der Waals surface area (Å²) in [6.45, 7) is 4.35. The van der Waals surface area contributed by atoms with Crippen molar-refractivity contribution in [3.05, 3.63) is 46.5 Å². The number of unbranched alkanes of at least 4 members (excludes halogenated alkanes) is 17. The molecule has 1 heterocycles. The highest BCUT2D eigenvalue weighted by Crippen LogP contribution is 2.30. The Morgan fingerprint density at radius 1 is 0.658 bits per heavy atom. The van der Waals surface area contributed by atoms with Crippen LogP contribution in [-0.4, -0.2) is 20.1 Å². The molecule has 0 radical (unpaired) electrons. The van der Waals surface area contributed by atoms with Crippen LogP contribution in [0.5, 0.6) is 5.75 Å². The topological polar surface area (TPSA) is 50.9 Å². The molecule has 0 aliphatic carbocycles. The maximum Gasteiger partial charge on any atom is 0.146 e. The van der Waals surface area contributed by atoms with Crippen LogP contribution in [0, 0.1) is 6.92 Å². The molecule has 0 aliphatic rings. The second-order valence-corrected chi connectivity index (χ2v) is 11.6. The van der Waals surface area contributed by atoms with E-state index in [1.54, 1.807) is 6.07 Å². The van der Waals surface area contributed by atoms with Crippen LogP contribution in [0.4, 0.5) is 0 Å². The first-order chi connectivity index (χ1) is 18.6. The Kier molecular flexibility index (Phi) is 14.0. The van der Waals surface area contributed by atoms with Crippen molar-refractivity contribution in [1.82, 2.24) is 15.0 Å². The van der Waals surface area contributed by atoms with Gasteiger partial charge in [-0.15, -0.1) is 15.0 Å². The number of fused-ring (bicyclic) bond motifs is 1. The number of rotatable bonds is 20. The summed E-state index contributed by atoms with van der Waals surface area (Å²) in [5.74, 6) is 0.286. The van der Waals surface area contributed by atoms with Gasteiger partial charge in [-0.05, 0) is 55.2 Å². The van der Waals surface area contributed by atoms with Crippen molar-refractivity contribution in [2.45, 2.75) is 136 Å². The molecular formula is C33H50ClN3O. The van der Waals surface area contributed by atoms with Crippen LogP contribution >= 0.6 is 11.6 Å². The van der Waals surface area contributed by atoms with E-state index in [2.05, 4.69) is 30.1 Å². The van der Waals surface area contributed by atoms with Crippen molar-refractivity contribution in [3.8, 4) is 11.4 Å². The number of halogens is 1. The molecule has 0 saturated heterocycles. The Morgan fingerprint density at radius 3 is 1.71 bits per heavy atom. The van der Waals surface area contributed by atoms with Crippen LogP contribution in [0.25, 0.3) is 16.7 Å². The van der Waals surface area contributed by atoms with Crippen molar-refractivity contribution >= 4 is 22.6 Å². The highest BCUT2D eigenvalue weighted by atomic mass is 35.5. The van der Waals surface area contributed by atoms with E-state index in [1.807, 2.05) is 18.2 Å². The smallest absolute Gasteiger partial charge is 0.146 e. The Hall–Kier alpha value is -2.07. The van der Waals surface area contributed by atoms with Crippen LogP contribution in [-0.2, 0) is 6.42 Å². The van der Waals surface area contributed by atoms with Crippen molar-refractivity contribution in [3.63, 3.8) is 0 Å². The molecule has 4 nitrogen and oxygen atoms in total. The molecule has 0 atom stereocenters. The van der Waals surface area contributed by atoms with Gasteiger partial charge in [0, 0.05) is 5.02 Å². The molecule has 3 rings (SSSR count). The number of nitrogens with zero attached hydrogens (tertiary/aromatic N) is 3. The molecule has 38 heavy (non-hydrogen) atoms. The average molecular weight is 540 g/mol. The van der Waals surface area contributed by atoms with E-state index in [0.29, 0.717) is 10.7 Å². The Labute approximate surface area is 236 Å². The molecular weight excluding hydrogens is 490 g/mol. The zero-order chi connectivity index (χ0) is 27.0. The van der Waals surface area contributed by atoms with Gasteiger partial charge in [0.05, 0.1) is 0 Å². The standard InChI is InChI=1S/C33H50ClN3O/c1-3-4-5-6-7-8-9-10-11-12-13-14-15-16-17-18-19-20-21-28-24-27(2)25-32(33(28)38)37-35-30-23-22-29(34)26-31(30)36-37/h22-26,38H,3-21H2,1-2H3. The van der Waals surface area contributed by atoms with Gasteiger partial charge in [-0.1, -0.05) is 134 Å². The largest absolute Gasteiger partial charge is 0.505 e. The van der Waals surface area contributed by atoms with E-state index >= 15 is 0 Å². The maximum absolute atomic E-state index is 11.0. The zero-order valence-corrected chi connectivity index (χ0v) is 24.7. The number of aromatic hydroxyl groups is 1. The van der Waals surface area contributed by atoms with Gasteiger partial charge >= 0.3 is 0 Å². The maximum atomic E-state index is 11.0. The van der Waals surface area contributed by atoms with Gasteiger partial charge in [0.15, 0.2) is 0 Å². The lowest BCUT2D eigenvalue weighted by Gasteiger charge is -2.11. The third-order valence-corrected chi connectivity index (χ3v) is 7.91. The van der Waals surface area contributed by atoms with Gasteiger partial charge in [-0.2, -0.15) is 0 Å². The summed E-state index contributed by atoms with van der Waals surface area (Å²) in [7, 11) is 0. The van der Waals surface area contributed by atoms with Crippen LogP contribution in [0.2, 0.25) is 5.02 Å². The second-order valence-electron chi connectivity index (χ2n) is 11.2. The lowest BCUT2D eigenvalue weighted by Crippen LogP contribution is -2.02. The molecule has 0 spiro atoms. The van der Waals surface area contributed by atoms with Crippen LogP contribution in [0.1, 0.15) is 134 Å². The monoisotopic (exact) mass is 539 g/mol. The Balaban J connectivity index is 1.24. The number of aromatic nitrogens is 3. The minimum Gasteiger partial charge on any atom is -0.505 e. The third-order valence-electron chi connectivity index (χ3n) is 7.67. The molecule has 0 aliphatic heterocycles. The van der Waals surface area contributed by atoms with Crippen LogP contribution in [0.3, 0.4) is 0 Å². The molecule has 3 aromatic rings. The molecule has 2 aromatic carbocycles. The number of aryl methyl sites for hydroxylation is 2. The first-order valence-corrected chi connectivity index (χ1v) is 15.8. The van der Waals surface area contributed by atoms with E-state index < -0.39 is 0 Å². The molecule has 1 N–H and O–H groups in total. The number of benzene rings is 2. The summed E-state index contributed by atoms with van der Waals surface area (Å²) in [4.78, 5) is 1.53.